The lowest BCUT2D eigenvalue weighted by Gasteiger charge is -2.17. The summed E-state index contributed by atoms with van der Waals surface area (Å²) in [6.07, 6.45) is -3.08. The molecule has 4 aromatic carbocycles. The van der Waals surface area contributed by atoms with Gasteiger partial charge in [-0.3, -0.25) is 19.8 Å². The Morgan fingerprint density at radius 1 is 1.00 bits per heavy atom. The molecule has 5 rings (SSSR count). The molecule has 0 aliphatic carbocycles. The molecule has 0 radical (unpaired) electrons. The monoisotopic (exact) mass is 630 g/mol. The highest BCUT2D eigenvalue weighted by atomic mass is 79.9. The maximum Gasteiger partial charge on any atom is 0.416 e. The largest absolute Gasteiger partial charge is 0.449 e. The van der Waals surface area contributed by atoms with Gasteiger partial charge in [0.1, 0.15) is 5.75 Å². The molecule has 6 nitrogen and oxygen atoms in total. The van der Waals surface area contributed by atoms with Gasteiger partial charge in [0.15, 0.2) is 4.32 Å². The van der Waals surface area contributed by atoms with Crippen LogP contribution in [-0.4, -0.2) is 15.2 Å². The Labute approximate surface area is 237 Å². The topological polar surface area (TPSA) is 72.7 Å². The highest BCUT2D eigenvalue weighted by Crippen LogP contribution is 2.41. The molecular formula is C27H14BrF3N2O4S2. The maximum absolute atomic E-state index is 13.3. The summed E-state index contributed by atoms with van der Waals surface area (Å²) in [5.74, 6) is -0.492. The van der Waals surface area contributed by atoms with E-state index in [1.54, 1.807) is 18.2 Å². The number of carbonyl (C=O) groups excluding carboxylic acids is 1. The standard InChI is InChI=1S/C27H14BrF3N2O4S2/c28-19-12-15(8-10-22(19)37-23-11-9-17(27(29,30)31)14-21(23)33(35)36)13-24-25(34)32(26(38)39-24)20-7-3-5-16-4-1-2-6-18(16)20/h1-14H/b24-13-. The lowest BCUT2D eigenvalue weighted by molar-refractivity contribution is -0.385. The highest BCUT2D eigenvalue weighted by Gasteiger charge is 2.35. The van der Waals surface area contributed by atoms with Crippen LogP contribution in [0.25, 0.3) is 16.8 Å². The van der Waals surface area contributed by atoms with Gasteiger partial charge in [-0.15, -0.1) is 0 Å². The van der Waals surface area contributed by atoms with Crippen molar-refractivity contribution >= 4 is 78.4 Å². The van der Waals surface area contributed by atoms with E-state index in [2.05, 4.69) is 15.9 Å². The first kappa shape index (κ1) is 26.9. The summed E-state index contributed by atoms with van der Waals surface area (Å²) >= 11 is 10.0. The van der Waals surface area contributed by atoms with E-state index < -0.39 is 22.4 Å². The van der Waals surface area contributed by atoms with Gasteiger partial charge in [-0.2, -0.15) is 13.2 Å². The highest BCUT2D eigenvalue weighted by molar-refractivity contribution is 9.10. The van der Waals surface area contributed by atoms with Gasteiger partial charge in [0.25, 0.3) is 5.91 Å². The van der Waals surface area contributed by atoms with Crippen molar-refractivity contribution in [3.8, 4) is 11.5 Å². The lowest BCUT2D eigenvalue weighted by atomic mass is 10.1. The Balaban J connectivity index is 1.41. The normalized spacial score (nSPS) is 14.9. The van der Waals surface area contributed by atoms with Crippen LogP contribution in [-0.2, 0) is 11.0 Å². The van der Waals surface area contributed by atoms with Crippen molar-refractivity contribution in [2.45, 2.75) is 6.18 Å². The number of thiocarbonyl (C=S) groups is 1. The molecule has 0 aromatic heterocycles. The van der Waals surface area contributed by atoms with Gasteiger partial charge in [0, 0.05) is 11.5 Å². The quantitative estimate of drug-likeness (QED) is 0.0950. The first-order valence-corrected chi connectivity index (χ1v) is 13.1. The van der Waals surface area contributed by atoms with Gasteiger partial charge in [0.05, 0.1) is 25.6 Å². The number of alkyl halides is 3. The van der Waals surface area contributed by atoms with Crippen LogP contribution in [0.15, 0.2) is 88.2 Å². The molecule has 0 saturated carbocycles. The second-order valence-electron chi connectivity index (χ2n) is 8.24. The predicted octanol–water partition coefficient (Wildman–Crippen LogP) is 8.73. The molecule has 1 fully saturated rings. The number of nitrogens with zero attached hydrogens (tertiary/aromatic N) is 2. The number of halogens is 4. The molecular weight excluding hydrogens is 617 g/mol. The third-order valence-corrected chi connectivity index (χ3v) is 7.68. The van der Waals surface area contributed by atoms with Crippen molar-refractivity contribution in [1.29, 1.82) is 0 Å². The molecule has 196 valence electrons. The number of benzene rings is 4. The van der Waals surface area contributed by atoms with E-state index in [9.17, 15) is 28.1 Å². The summed E-state index contributed by atoms with van der Waals surface area (Å²) < 4.78 is 45.3. The van der Waals surface area contributed by atoms with E-state index in [1.165, 1.54) is 11.0 Å². The second kappa shape index (κ2) is 10.4. The SMILES string of the molecule is O=C1/C(=C/c2ccc(Oc3ccc(C(F)(F)F)cc3[N+](=O)[O-])c(Br)c2)SC(=S)N1c1cccc2ccccc12. The zero-order chi connectivity index (χ0) is 27.9. The summed E-state index contributed by atoms with van der Waals surface area (Å²) in [5.41, 5.74) is -0.689. The number of carbonyl (C=O) groups is 1. The number of hydrogen-bond acceptors (Lipinski definition) is 6. The number of nitro benzene ring substituents is 1. The van der Waals surface area contributed by atoms with Crippen LogP contribution in [0.5, 0.6) is 11.5 Å². The Bertz CT molecular complexity index is 1700. The van der Waals surface area contributed by atoms with E-state index in [0.717, 1.165) is 28.6 Å². The van der Waals surface area contributed by atoms with Gasteiger partial charge in [0.2, 0.25) is 5.75 Å². The molecule has 0 unspecified atom stereocenters. The van der Waals surface area contributed by atoms with Crippen LogP contribution in [0, 0.1) is 10.1 Å². The second-order valence-corrected chi connectivity index (χ2v) is 10.8. The number of amides is 1. The fourth-order valence-electron chi connectivity index (χ4n) is 3.96. The van der Waals surface area contributed by atoms with Crippen molar-refractivity contribution < 1.29 is 27.6 Å². The number of thioether (sulfide) groups is 1. The average molecular weight is 631 g/mol. The molecule has 0 atom stereocenters. The van der Waals surface area contributed by atoms with Gasteiger partial charge >= 0.3 is 11.9 Å². The van der Waals surface area contributed by atoms with Gasteiger partial charge in [-0.1, -0.05) is 66.4 Å². The fraction of sp³-hybridized carbons (Fsp3) is 0.0370. The summed E-state index contributed by atoms with van der Waals surface area (Å²) in [4.78, 5) is 25.6. The van der Waals surface area contributed by atoms with E-state index in [4.69, 9.17) is 17.0 Å². The van der Waals surface area contributed by atoms with Crippen molar-refractivity contribution in [3.63, 3.8) is 0 Å². The molecule has 4 aromatic rings. The van der Waals surface area contributed by atoms with Crippen molar-refractivity contribution in [2.75, 3.05) is 4.90 Å². The molecule has 0 N–H and O–H groups in total. The number of rotatable bonds is 5. The minimum atomic E-state index is -4.74. The summed E-state index contributed by atoms with van der Waals surface area (Å²) in [7, 11) is 0. The Kier molecular flexibility index (Phi) is 7.19. The van der Waals surface area contributed by atoms with Crippen LogP contribution in [0.2, 0.25) is 0 Å². The first-order valence-electron chi connectivity index (χ1n) is 11.1. The molecule has 0 spiro atoms. The number of anilines is 1. The molecule has 0 bridgehead atoms. The van der Waals surface area contributed by atoms with Crippen LogP contribution >= 0.6 is 39.9 Å². The molecule has 1 saturated heterocycles. The average Bonchev–Trinajstić information content (AvgIpc) is 3.16. The number of ether oxygens (including phenoxy) is 1. The zero-order valence-electron chi connectivity index (χ0n) is 19.4. The van der Waals surface area contributed by atoms with E-state index in [-0.39, 0.29) is 17.4 Å². The first-order chi connectivity index (χ1) is 18.5. The zero-order valence-corrected chi connectivity index (χ0v) is 22.7. The third kappa shape index (κ3) is 5.40. The Morgan fingerprint density at radius 2 is 1.72 bits per heavy atom. The fourth-order valence-corrected chi connectivity index (χ4v) is 5.72. The van der Waals surface area contributed by atoms with Gasteiger partial charge in [-0.25, -0.2) is 0 Å². The summed E-state index contributed by atoms with van der Waals surface area (Å²) in [5, 5.41) is 13.2. The van der Waals surface area contributed by atoms with Crippen LogP contribution in [0.4, 0.5) is 24.5 Å². The van der Waals surface area contributed by atoms with Gasteiger partial charge < -0.3 is 4.74 Å². The van der Waals surface area contributed by atoms with Crippen molar-refractivity contribution in [3.05, 3.63) is 109 Å². The number of fused-ring (bicyclic) bond motifs is 1. The van der Waals surface area contributed by atoms with E-state index >= 15 is 0 Å². The maximum atomic E-state index is 13.3. The van der Waals surface area contributed by atoms with Crippen molar-refractivity contribution in [1.82, 2.24) is 0 Å². The molecule has 1 heterocycles. The van der Waals surface area contributed by atoms with Crippen LogP contribution in [0.3, 0.4) is 0 Å². The minimum Gasteiger partial charge on any atom is -0.449 e. The molecule has 1 amide bonds. The predicted molar refractivity (Wildman–Crippen MR) is 152 cm³/mol. The van der Waals surface area contributed by atoms with E-state index in [0.29, 0.717) is 37.1 Å². The van der Waals surface area contributed by atoms with Crippen molar-refractivity contribution in [2.24, 2.45) is 0 Å². The molecule has 1 aliphatic rings. The van der Waals surface area contributed by atoms with Crippen LogP contribution in [0.1, 0.15) is 11.1 Å². The van der Waals surface area contributed by atoms with E-state index in [1.807, 2.05) is 42.5 Å². The summed E-state index contributed by atoms with van der Waals surface area (Å²) in [6.45, 7) is 0. The minimum absolute atomic E-state index is 0.137. The van der Waals surface area contributed by atoms with Gasteiger partial charge in [-0.05, 0) is 63.3 Å². The molecule has 39 heavy (non-hydrogen) atoms. The lowest BCUT2D eigenvalue weighted by Crippen LogP contribution is -2.27. The molecule has 1 aliphatic heterocycles. The molecule has 12 heteroatoms. The number of nitro groups is 1. The summed E-state index contributed by atoms with van der Waals surface area (Å²) in [6, 6.07) is 20.1. The Hall–Kier alpha value is -3.74. The smallest absolute Gasteiger partial charge is 0.416 e. The number of hydrogen-bond donors (Lipinski definition) is 0. The van der Waals surface area contributed by atoms with Crippen LogP contribution < -0.4 is 9.64 Å². The third-order valence-electron chi connectivity index (χ3n) is 5.76. The Morgan fingerprint density at radius 3 is 2.44 bits per heavy atom.